The van der Waals surface area contributed by atoms with Gasteiger partial charge in [0.15, 0.2) is 0 Å². The molecule has 0 radical (unpaired) electrons. The molecular formula is C17H15NO2S. The maximum absolute atomic E-state index is 12.4. The van der Waals surface area contributed by atoms with Crippen molar-refractivity contribution in [1.29, 1.82) is 0 Å². The Morgan fingerprint density at radius 2 is 1.76 bits per heavy atom. The minimum absolute atomic E-state index is 0.0633. The van der Waals surface area contributed by atoms with Crippen LogP contribution in [0.1, 0.15) is 28.2 Å². The van der Waals surface area contributed by atoms with E-state index in [0.29, 0.717) is 4.88 Å². The Kier molecular flexibility index (Phi) is 3.62. The van der Waals surface area contributed by atoms with E-state index in [1.165, 1.54) is 11.3 Å². The fraction of sp³-hybridized carbons (Fsp3) is 0.118. The largest absolute Gasteiger partial charge is 0.506 e. The summed E-state index contributed by atoms with van der Waals surface area (Å²) in [6, 6.07) is 17.1. The van der Waals surface area contributed by atoms with E-state index in [4.69, 9.17) is 0 Å². The van der Waals surface area contributed by atoms with Gasteiger partial charge in [-0.25, -0.2) is 0 Å². The number of thiophene rings is 1. The van der Waals surface area contributed by atoms with Crippen molar-refractivity contribution in [2.75, 3.05) is 0 Å². The third kappa shape index (κ3) is 2.62. The van der Waals surface area contributed by atoms with Crippen molar-refractivity contribution < 1.29 is 9.90 Å². The van der Waals surface area contributed by atoms with Crippen molar-refractivity contribution in [2.45, 2.75) is 13.0 Å². The number of amides is 1. The number of benzene rings is 2. The minimum atomic E-state index is -0.245. The lowest BCUT2D eigenvalue weighted by atomic mass is 10.1. The zero-order valence-corrected chi connectivity index (χ0v) is 12.4. The van der Waals surface area contributed by atoms with Crippen LogP contribution in [0.4, 0.5) is 0 Å². The normalized spacial score (nSPS) is 12.2. The Morgan fingerprint density at radius 1 is 1.10 bits per heavy atom. The summed E-state index contributed by atoms with van der Waals surface area (Å²) in [6.07, 6.45) is 0. The quantitative estimate of drug-likeness (QED) is 0.764. The SMILES string of the molecule is CC(NC(=O)c1sc2ccccc2c1O)c1ccccc1. The van der Waals surface area contributed by atoms with Gasteiger partial charge in [0.25, 0.3) is 5.91 Å². The van der Waals surface area contributed by atoms with Gasteiger partial charge in [-0.05, 0) is 24.6 Å². The number of carbonyl (C=O) groups excluding carboxylic acids is 1. The van der Waals surface area contributed by atoms with Gasteiger partial charge >= 0.3 is 0 Å². The van der Waals surface area contributed by atoms with Crippen LogP contribution < -0.4 is 5.32 Å². The predicted octanol–water partition coefficient (Wildman–Crippen LogP) is 4.10. The minimum Gasteiger partial charge on any atom is -0.506 e. The van der Waals surface area contributed by atoms with Gasteiger partial charge in [0.2, 0.25) is 0 Å². The third-order valence-corrected chi connectivity index (χ3v) is 4.58. The number of carbonyl (C=O) groups is 1. The monoisotopic (exact) mass is 297 g/mol. The van der Waals surface area contributed by atoms with Gasteiger partial charge in [-0.2, -0.15) is 0 Å². The van der Waals surface area contributed by atoms with Gasteiger partial charge in [0, 0.05) is 10.1 Å². The average molecular weight is 297 g/mol. The number of aromatic hydroxyl groups is 1. The molecule has 106 valence electrons. The second-order valence-electron chi connectivity index (χ2n) is 4.88. The Hall–Kier alpha value is -2.33. The van der Waals surface area contributed by atoms with E-state index >= 15 is 0 Å². The molecule has 0 aliphatic rings. The molecule has 0 aliphatic heterocycles. The predicted molar refractivity (Wildman–Crippen MR) is 85.8 cm³/mol. The molecule has 3 nitrogen and oxygen atoms in total. The summed E-state index contributed by atoms with van der Waals surface area (Å²) in [5.41, 5.74) is 1.03. The van der Waals surface area contributed by atoms with E-state index in [9.17, 15) is 9.90 Å². The van der Waals surface area contributed by atoms with E-state index in [1.54, 1.807) is 0 Å². The molecule has 0 fully saturated rings. The molecule has 0 aliphatic carbocycles. The van der Waals surface area contributed by atoms with Crippen LogP contribution in [0.2, 0.25) is 0 Å². The summed E-state index contributed by atoms with van der Waals surface area (Å²) in [5, 5.41) is 13.8. The molecule has 1 amide bonds. The Labute approximate surface area is 126 Å². The highest BCUT2D eigenvalue weighted by molar-refractivity contribution is 7.21. The van der Waals surface area contributed by atoms with E-state index in [2.05, 4.69) is 5.32 Å². The molecule has 0 spiro atoms. The summed E-state index contributed by atoms with van der Waals surface area (Å²) in [6.45, 7) is 1.93. The molecule has 1 aromatic heterocycles. The highest BCUT2D eigenvalue weighted by Gasteiger charge is 2.19. The lowest BCUT2D eigenvalue weighted by Gasteiger charge is -2.13. The van der Waals surface area contributed by atoms with Crippen molar-refractivity contribution in [3.63, 3.8) is 0 Å². The summed E-state index contributed by atoms with van der Waals surface area (Å²) >= 11 is 1.31. The molecule has 2 N–H and O–H groups in total. The zero-order chi connectivity index (χ0) is 14.8. The maximum Gasteiger partial charge on any atom is 0.265 e. The van der Waals surface area contributed by atoms with Crippen molar-refractivity contribution in [1.82, 2.24) is 5.32 Å². The molecule has 1 atom stereocenters. The van der Waals surface area contributed by atoms with Crippen molar-refractivity contribution in [3.8, 4) is 5.75 Å². The standard InChI is InChI=1S/C17H15NO2S/c1-11(12-7-3-2-4-8-12)18-17(20)16-15(19)13-9-5-6-10-14(13)21-16/h2-11,19H,1H3,(H,18,20). The first kappa shape index (κ1) is 13.6. The van der Waals surface area contributed by atoms with E-state index in [1.807, 2.05) is 61.5 Å². The molecule has 1 heterocycles. The zero-order valence-electron chi connectivity index (χ0n) is 11.5. The van der Waals surface area contributed by atoms with Crippen LogP contribution in [0.15, 0.2) is 54.6 Å². The topological polar surface area (TPSA) is 49.3 Å². The van der Waals surface area contributed by atoms with E-state index in [-0.39, 0.29) is 17.7 Å². The molecule has 0 saturated heterocycles. The van der Waals surface area contributed by atoms with Gasteiger partial charge < -0.3 is 10.4 Å². The van der Waals surface area contributed by atoms with Crippen molar-refractivity contribution in [3.05, 3.63) is 65.0 Å². The van der Waals surface area contributed by atoms with Gasteiger partial charge in [0.05, 0.1) is 6.04 Å². The van der Waals surface area contributed by atoms with Crippen LogP contribution in [-0.2, 0) is 0 Å². The molecule has 0 saturated carbocycles. The molecule has 3 rings (SSSR count). The number of nitrogens with one attached hydrogen (secondary N) is 1. The fourth-order valence-corrected chi connectivity index (χ4v) is 3.27. The van der Waals surface area contributed by atoms with Crippen LogP contribution in [0.3, 0.4) is 0 Å². The first-order valence-electron chi connectivity index (χ1n) is 6.73. The average Bonchev–Trinajstić information content (AvgIpc) is 2.86. The molecule has 4 heteroatoms. The van der Waals surface area contributed by atoms with Crippen molar-refractivity contribution >= 4 is 27.3 Å². The number of rotatable bonds is 3. The Balaban J connectivity index is 1.86. The number of hydrogen-bond donors (Lipinski definition) is 2. The summed E-state index contributed by atoms with van der Waals surface area (Å²) < 4.78 is 0.910. The third-order valence-electron chi connectivity index (χ3n) is 3.42. The molecule has 3 aromatic rings. The molecular weight excluding hydrogens is 282 g/mol. The lowest BCUT2D eigenvalue weighted by Crippen LogP contribution is -2.25. The maximum atomic E-state index is 12.4. The van der Waals surface area contributed by atoms with Crippen LogP contribution >= 0.6 is 11.3 Å². The summed E-state index contributed by atoms with van der Waals surface area (Å²) in [5.74, 6) is -0.182. The highest BCUT2D eigenvalue weighted by atomic mass is 32.1. The number of hydrogen-bond acceptors (Lipinski definition) is 3. The van der Waals surface area contributed by atoms with Gasteiger partial charge in [-0.1, -0.05) is 42.5 Å². The summed E-state index contributed by atoms with van der Waals surface area (Å²) in [7, 11) is 0. The van der Waals surface area contributed by atoms with Crippen LogP contribution in [0.25, 0.3) is 10.1 Å². The molecule has 0 bridgehead atoms. The second-order valence-corrected chi connectivity index (χ2v) is 5.93. The fourth-order valence-electron chi connectivity index (χ4n) is 2.27. The highest BCUT2D eigenvalue weighted by Crippen LogP contribution is 2.36. The van der Waals surface area contributed by atoms with Crippen LogP contribution in [0.5, 0.6) is 5.75 Å². The van der Waals surface area contributed by atoms with E-state index in [0.717, 1.165) is 15.6 Å². The van der Waals surface area contributed by atoms with Crippen LogP contribution in [-0.4, -0.2) is 11.0 Å². The van der Waals surface area contributed by atoms with E-state index < -0.39 is 0 Å². The lowest BCUT2D eigenvalue weighted by molar-refractivity contribution is 0.0942. The van der Waals surface area contributed by atoms with Gasteiger partial charge in [-0.15, -0.1) is 11.3 Å². The molecule has 21 heavy (non-hydrogen) atoms. The smallest absolute Gasteiger partial charge is 0.265 e. The first-order chi connectivity index (χ1) is 10.2. The van der Waals surface area contributed by atoms with Crippen LogP contribution in [0, 0.1) is 0 Å². The molecule has 2 aromatic carbocycles. The molecule has 1 unspecified atom stereocenters. The van der Waals surface area contributed by atoms with Gasteiger partial charge in [-0.3, -0.25) is 4.79 Å². The Bertz CT molecular complexity index is 780. The first-order valence-corrected chi connectivity index (χ1v) is 7.55. The second kappa shape index (κ2) is 5.58. The Morgan fingerprint density at radius 3 is 2.48 bits per heavy atom. The van der Waals surface area contributed by atoms with Gasteiger partial charge in [0.1, 0.15) is 10.6 Å². The number of fused-ring (bicyclic) bond motifs is 1. The van der Waals surface area contributed by atoms with Crippen molar-refractivity contribution in [2.24, 2.45) is 0 Å². The summed E-state index contributed by atoms with van der Waals surface area (Å²) in [4.78, 5) is 12.7.